The summed E-state index contributed by atoms with van der Waals surface area (Å²) in [5, 5.41) is 2.00. The van der Waals surface area contributed by atoms with Crippen molar-refractivity contribution in [3.8, 4) is 0 Å². The number of benzene rings is 2. The topological polar surface area (TPSA) is 26.0 Å². The van der Waals surface area contributed by atoms with Gasteiger partial charge in [0, 0.05) is 25.6 Å². The van der Waals surface area contributed by atoms with Crippen molar-refractivity contribution < 1.29 is 0 Å². The molecule has 1 atom stereocenters. The molecule has 1 nitrogen and oxygen atoms in total. The summed E-state index contributed by atoms with van der Waals surface area (Å²) in [6.45, 7) is 0. The minimum atomic E-state index is -0.0916. The van der Waals surface area contributed by atoms with Crippen LogP contribution in [0.15, 0.2) is 40.9 Å². The monoisotopic (exact) mass is 391 g/mol. The van der Waals surface area contributed by atoms with Crippen molar-refractivity contribution in [3.63, 3.8) is 0 Å². The minimum Gasteiger partial charge on any atom is -0.327 e. The van der Waals surface area contributed by atoms with Gasteiger partial charge in [0.25, 0.3) is 0 Å². The Kier molecular flexibility index (Phi) is 5.76. The number of halogens is 4. The average Bonchev–Trinajstić information content (AvgIpc) is 2.37. The molecule has 0 bridgehead atoms. The first-order valence-corrected chi connectivity index (χ1v) is 8.02. The SMILES string of the molecule is NC(Cc1ccc(Br)cc1Cl)Cc1c(Cl)cccc1Cl. The quantitative estimate of drug-likeness (QED) is 0.727. The minimum absolute atomic E-state index is 0.0916. The molecular formula is C15H13BrCl3N. The molecule has 0 aromatic heterocycles. The van der Waals surface area contributed by atoms with Gasteiger partial charge in [0.2, 0.25) is 0 Å². The highest BCUT2D eigenvalue weighted by Crippen LogP contribution is 2.27. The molecule has 1 unspecified atom stereocenters. The lowest BCUT2D eigenvalue weighted by Gasteiger charge is -2.15. The van der Waals surface area contributed by atoms with Crippen LogP contribution in [0.25, 0.3) is 0 Å². The molecule has 0 saturated heterocycles. The lowest BCUT2D eigenvalue weighted by atomic mass is 9.99. The predicted molar refractivity (Wildman–Crippen MR) is 91.0 cm³/mol. The number of rotatable bonds is 4. The number of hydrogen-bond acceptors (Lipinski definition) is 1. The van der Waals surface area contributed by atoms with Crippen LogP contribution in [0.3, 0.4) is 0 Å². The van der Waals surface area contributed by atoms with Crippen LogP contribution in [-0.4, -0.2) is 6.04 Å². The first-order valence-electron chi connectivity index (χ1n) is 6.09. The Morgan fingerprint density at radius 3 is 2.20 bits per heavy atom. The molecule has 20 heavy (non-hydrogen) atoms. The third-order valence-electron chi connectivity index (χ3n) is 3.03. The zero-order valence-electron chi connectivity index (χ0n) is 10.5. The van der Waals surface area contributed by atoms with E-state index in [-0.39, 0.29) is 6.04 Å². The maximum Gasteiger partial charge on any atom is 0.0453 e. The Balaban J connectivity index is 2.11. The summed E-state index contributed by atoms with van der Waals surface area (Å²) < 4.78 is 0.953. The van der Waals surface area contributed by atoms with Crippen LogP contribution in [0, 0.1) is 0 Å². The van der Waals surface area contributed by atoms with Gasteiger partial charge < -0.3 is 5.73 Å². The van der Waals surface area contributed by atoms with Gasteiger partial charge in [-0.3, -0.25) is 0 Å². The van der Waals surface area contributed by atoms with Crippen LogP contribution in [0.5, 0.6) is 0 Å². The van der Waals surface area contributed by atoms with Crippen LogP contribution < -0.4 is 5.73 Å². The average molecular weight is 394 g/mol. The van der Waals surface area contributed by atoms with Gasteiger partial charge in [-0.1, -0.05) is 62.9 Å². The van der Waals surface area contributed by atoms with E-state index < -0.39 is 0 Å². The first-order chi connectivity index (χ1) is 9.47. The van der Waals surface area contributed by atoms with Crippen LogP contribution >= 0.6 is 50.7 Å². The standard InChI is InChI=1S/C15H13BrCl3N/c16-10-5-4-9(15(19)7-10)6-11(20)8-12-13(17)2-1-3-14(12)18/h1-5,7,11H,6,8,20H2. The van der Waals surface area contributed by atoms with E-state index >= 15 is 0 Å². The molecule has 0 radical (unpaired) electrons. The highest BCUT2D eigenvalue weighted by molar-refractivity contribution is 9.10. The molecule has 5 heteroatoms. The van der Waals surface area contributed by atoms with E-state index in [9.17, 15) is 0 Å². The molecule has 0 aliphatic carbocycles. The summed E-state index contributed by atoms with van der Waals surface area (Å²) in [6.07, 6.45) is 1.29. The molecule has 0 saturated carbocycles. The van der Waals surface area contributed by atoms with E-state index in [4.69, 9.17) is 40.5 Å². The van der Waals surface area contributed by atoms with Gasteiger partial charge in [-0.15, -0.1) is 0 Å². The van der Waals surface area contributed by atoms with Crippen molar-refractivity contribution in [2.75, 3.05) is 0 Å². The zero-order chi connectivity index (χ0) is 14.7. The Bertz CT molecular complexity index is 596. The van der Waals surface area contributed by atoms with Crippen molar-refractivity contribution in [1.82, 2.24) is 0 Å². The predicted octanol–water partition coefficient (Wildman–Crippen LogP) is 5.52. The van der Waals surface area contributed by atoms with Gasteiger partial charge in [-0.05, 0) is 48.2 Å². The van der Waals surface area contributed by atoms with E-state index in [1.807, 2.05) is 36.4 Å². The molecule has 0 fully saturated rings. The normalized spacial score (nSPS) is 12.4. The molecule has 0 spiro atoms. The fraction of sp³-hybridized carbons (Fsp3) is 0.200. The van der Waals surface area contributed by atoms with Gasteiger partial charge in [0.05, 0.1) is 0 Å². The molecule has 0 heterocycles. The van der Waals surface area contributed by atoms with Gasteiger partial charge in [0.15, 0.2) is 0 Å². The van der Waals surface area contributed by atoms with E-state index in [0.717, 1.165) is 15.6 Å². The van der Waals surface area contributed by atoms with Crippen molar-refractivity contribution in [3.05, 3.63) is 67.1 Å². The van der Waals surface area contributed by atoms with Crippen molar-refractivity contribution in [1.29, 1.82) is 0 Å². The third kappa shape index (κ3) is 4.12. The maximum atomic E-state index is 6.20. The largest absolute Gasteiger partial charge is 0.327 e. The summed E-state index contributed by atoms with van der Waals surface area (Å²) in [7, 11) is 0. The number of nitrogens with two attached hydrogens (primary N) is 1. The van der Waals surface area contributed by atoms with Gasteiger partial charge in [-0.25, -0.2) is 0 Å². The third-order valence-corrected chi connectivity index (χ3v) is 4.58. The van der Waals surface area contributed by atoms with E-state index in [1.165, 1.54) is 0 Å². The second-order valence-electron chi connectivity index (χ2n) is 4.60. The second kappa shape index (κ2) is 7.15. The Hall–Kier alpha value is -0.250. The lowest BCUT2D eigenvalue weighted by Crippen LogP contribution is -2.26. The van der Waals surface area contributed by atoms with Crippen molar-refractivity contribution in [2.24, 2.45) is 5.73 Å². The summed E-state index contributed by atoms with van der Waals surface area (Å²) >= 11 is 21.9. The molecule has 0 amide bonds. The smallest absolute Gasteiger partial charge is 0.0453 e. The molecular weight excluding hydrogens is 380 g/mol. The highest BCUT2D eigenvalue weighted by atomic mass is 79.9. The second-order valence-corrected chi connectivity index (χ2v) is 6.74. The van der Waals surface area contributed by atoms with Crippen molar-refractivity contribution >= 4 is 50.7 Å². The molecule has 2 rings (SSSR count). The van der Waals surface area contributed by atoms with Crippen molar-refractivity contribution in [2.45, 2.75) is 18.9 Å². The highest BCUT2D eigenvalue weighted by Gasteiger charge is 2.13. The number of hydrogen-bond donors (Lipinski definition) is 1. The van der Waals surface area contributed by atoms with Crippen LogP contribution in [0.2, 0.25) is 15.1 Å². The Labute approximate surface area is 142 Å². The summed E-state index contributed by atoms with van der Waals surface area (Å²) in [5.41, 5.74) is 8.10. The van der Waals surface area contributed by atoms with E-state index in [0.29, 0.717) is 27.9 Å². The zero-order valence-corrected chi connectivity index (χ0v) is 14.4. The van der Waals surface area contributed by atoms with Crippen LogP contribution in [0.4, 0.5) is 0 Å². The van der Waals surface area contributed by atoms with Crippen LogP contribution in [-0.2, 0) is 12.8 Å². The molecule has 106 valence electrons. The summed E-state index contributed by atoms with van der Waals surface area (Å²) in [5.74, 6) is 0. The van der Waals surface area contributed by atoms with Gasteiger partial charge >= 0.3 is 0 Å². The first kappa shape index (κ1) is 16.1. The summed E-state index contributed by atoms with van der Waals surface area (Å²) in [4.78, 5) is 0. The summed E-state index contributed by atoms with van der Waals surface area (Å²) in [6, 6.07) is 11.2. The van der Waals surface area contributed by atoms with Gasteiger partial charge in [-0.2, -0.15) is 0 Å². The van der Waals surface area contributed by atoms with Crippen LogP contribution in [0.1, 0.15) is 11.1 Å². The van der Waals surface area contributed by atoms with Gasteiger partial charge in [0.1, 0.15) is 0 Å². The fourth-order valence-corrected chi connectivity index (χ4v) is 3.33. The lowest BCUT2D eigenvalue weighted by molar-refractivity contribution is 0.665. The van der Waals surface area contributed by atoms with E-state index in [1.54, 1.807) is 0 Å². The maximum absolute atomic E-state index is 6.20. The molecule has 0 aliphatic rings. The molecule has 2 N–H and O–H groups in total. The Morgan fingerprint density at radius 2 is 1.60 bits per heavy atom. The Morgan fingerprint density at radius 1 is 0.950 bits per heavy atom. The molecule has 2 aromatic rings. The van der Waals surface area contributed by atoms with E-state index in [2.05, 4.69) is 15.9 Å². The molecule has 0 aliphatic heterocycles. The fourth-order valence-electron chi connectivity index (χ4n) is 2.03. The molecule has 2 aromatic carbocycles.